The highest BCUT2D eigenvalue weighted by Gasteiger charge is 2.13. The molecule has 0 bridgehead atoms. The molecular weight excluding hydrogens is 293 g/mol. The van der Waals surface area contributed by atoms with Crippen molar-refractivity contribution in [2.24, 2.45) is 0 Å². The zero-order valence-corrected chi connectivity index (χ0v) is 13.5. The Morgan fingerprint density at radius 2 is 1.80 bits per heavy atom. The Labute approximate surface area is 129 Å². The van der Waals surface area contributed by atoms with Gasteiger partial charge in [-0.05, 0) is 31.5 Å². The third-order valence-electron chi connectivity index (χ3n) is 3.00. The van der Waals surface area contributed by atoms with Gasteiger partial charge in [0.15, 0.2) is 0 Å². The molecular formula is C15H17Cl2N3. The Kier molecular flexibility index (Phi) is 4.51. The van der Waals surface area contributed by atoms with Gasteiger partial charge in [-0.15, -0.1) is 0 Å². The zero-order valence-electron chi connectivity index (χ0n) is 12.0. The second kappa shape index (κ2) is 5.98. The molecule has 20 heavy (non-hydrogen) atoms. The summed E-state index contributed by atoms with van der Waals surface area (Å²) in [5.74, 6) is 1.62. The van der Waals surface area contributed by atoms with E-state index in [4.69, 9.17) is 23.2 Å². The van der Waals surface area contributed by atoms with Crippen molar-refractivity contribution in [3.8, 4) is 0 Å². The van der Waals surface area contributed by atoms with Crippen molar-refractivity contribution in [3.05, 3.63) is 45.3 Å². The molecule has 0 amide bonds. The molecule has 106 valence electrons. The van der Waals surface area contributed by atoms with Crippen LogP contribution < -0.4 is 5.32 Å². The first kappa shape index (κ1) is 15.1. The van der Waals surface area contributed by atoms with Crippen LogP contribution in [0.1, 0.15) is 36.7 Å². The van der Waals surface area contributed by atoms with E-state index in [0.29, 0.717) is 21.8 Å². The van der Waals surface area contributed by atoms with E-state index < -0.39 is 0 Å². The number of aryl methyl sites for hydroxylation is 1. The second-order valence-electron chi connectivity index (χ2n) is 5.11. The van der Waals surface area contributed by atoms with E-state index in [1.54, 1.807) is 0 Å². The standard InChI is InChI=1S/C15H17Cl2N3/c1-8(2)14-19-13(17)10(4)15(20-14)18-12-7-9(3)5-6-11(12)16/h5-8H,1-4H3,(H,18,19,20). The highest BCUT2D eigenvalue weighted by molar-refractivity contribution is 6.33. The van der Waals surface area contributed by atoms with E-state index in [1.165, 1.54) is 0 Å². The number of rotatable bonds is 3. The van der Waals surface area contributed by atoms with Crippen LogP contribution in [0.4, 0.5) is 11.5 Å². The summed E-state index contributed by atoms with van der Waals surface area (Å²) in [7, 11) is 0. The van der Waals surface area contributed by atoms with Crippen LogP contribution >= 0.6 is 23.2 Å². The fourth-order valence-corrected chi connectivity index (χ4v) is 2.09. The van der Waals surface area contributed by atoms with Crippen LogP contribution in [0.15, 0.2) is 18.2 Å². The van der Waals surface area contributed by atoms with Gasteiger partial charge < -0.3 is 5.32 Å². The molecule has 0 radical (unpaired) electrons. The molecule has 0 atom stereocenters. The fraction of sp³-hybridized carbons (Fsp3) is 0.333. The molecule has 2 aromatic rings. The molecule has 0 fully saturated rings. The van der Waals surface area contributed by atoms with Crippen molar-refractivity contribution < 1.29 is 0 Å². The summed E-state index contributed by atoms with van der Waals surface area (Å²) in [5, 5.41) is 4.37. The lowest BCUT2D eigenvalue weighted by atomic mass is 10.2. The summed E-state index contributed by atoms with van der Waals surface area (Å²) in [6.07, 6.45) is 0. The topological polar surface area (TPSA) is 37.8 Å². The van der Waals surface area contributed by atoms with Crippen LogP contribution in [0.2, 0.25) is 10.2 Å². The fourth-order valence-electron chi connectivity index (χ4n) is 1.75. The summed E-state index contributed by atoms with van der Waals surface area (Å²) < 4.78 is 0. The molecule has 1 N–H and O–H groups in total. The molecule has 0 unspecified atom stereocenters. The maximum Gasteiger partial charge on any atom is 0.138 e. The van der Waals surface area contributed by atoms with E-state index >= 15 is 0 Å². The van der Waals surface area contributed by atoms with Gasteiger partial charge in [0.25, 0.3) is 0 Å². The molecule has 0 aliphatic heterocycles. The maximum atomic E-state index is 6.20. The molecule has 0 saturated heterocycles. The monoisotopic (exact) mass is 309 g/mol. The third-order valence-corrected chi connectivity index (χ3v) is 3.69. The number of benzene rings is 1. The maximum absolute atomic E-state index is 6.20. The lowest BCUT2D eigenvalue weighted by Crippen LogP contribution is -2.05. The van der Waals surface area contributed by atoms with Crippen LogP contribution in [0, 0.1) is 13.8 Å². The smallest absolute Gasteiger partial charge is 0.138 e. The summed E-state index contributed by atoms with van der Waals surface area (Å²) in [6, 6.07) is 5.81. The minimum Gasteiger partial charge on any atom is -0.339 e. The van der Waals surface area contributed by atoms with Gasteiger partial charge in [0.2, 0.25) is 0 Å². The minimum atomic E-state index is 0.210. The lowest BCUT2D eigenvalue weighted by Gasteiger charge is -2.14. The molecule has 0 spiro atoms. The quantitative estimate of drug-likeness (QED) is 0.785. The SMILES string of the molecule is Cc1ccc(Cl)c(Nc2nc(C(C)C)nc(Cl)c2C)c1. The van der Waals surface area contributed by atoms with Crippen molar-refractivity contribution in [1.29, 1.82) is 0 Å². The Hall–Kier alpha value is -1.32. The molecule has 1 aromatic heterocycles. The van der Waals surface area contributed by atoms with Gasteiger partial charge in [0.05, 0.1) is 10.7 Å². The largest absolute Gasteiger partial charge is 0.339 e. The summed E-state index contributed by atoms with van der Waals surface area (Å²) in [4.78, 5) is 8.83. The van der Waals surface area contributed by atoms with Crippen LogP contribution in [0.5, 0.6) is 0 Å². The van der Waals surface area contributed by atoms with Crippen LogP contribution in [0.3, 0.4) is 0 Å². The molecule has 1 aromatic carbocycles. The number of nitrogens with one attached hydrogen (secondary N) is 1. The van der Waals surface area contributed by atoms with E-state index in [9.17, 15) is 0 Å². The molecule has 2 rings (SSSR count). The van der Waals surface area contributed by atoms with E-state index in [2.05, 4.69) is 15.3 Å². The van der Waals surface area contributed by atoms with Crippen molar-refractivity contribution in [1.82, 2.24) is 9.97 Å². The summed E-state index contributed by atoms with van der Waals surface area (Å²) in [5.41, 5.74) is 2.76. The first-order valence-electron chi connectivity index (χ1n) is 6.45. The van der Waals surface area contributed by atoms with Crippen molar-refractivity contribution in [2.75, 3.05) is 5.32 Å². The average Bonchev–Trinajstić information content (AvgIpc) is 2.38. The zero-order chi connectivity index (χ0) is 14.9. The normalized spacial score (nSPS) is 10.9. The predicted molar refractivity (Wildman–Crippen MR) is 85.3 cm³/mol. The van der Waals surface area contributed by atoms with Crippen molar-refractivity contribution in [3.63, 3.8) is 0 Å². The third kappa shape index (κ3) is 3.22. The number of nitrogens with zero attached hydrogens (tertiary/aromatic N) is 2. The van der Waals surface area contributed by atoms with Crippen molar-refractivity contribution >= 4 is 34.7 Å². The molecule has 0 aliphatic carbocycles. The molecule has 0 aliphatic rings. The van der Waals surface area contributed by atoms with Gasteiger partial charge in [-0.25, -0.2) is 9.97 Å². The number of anilines is 2. The van der Waals surface area contributed by atoms with Gasteiger partial charge in [-0.3, -0.25) is 0 Å². The molecule has 1 heterocycles. The summed E-state index contributed by atoms with van der Waals surface area (Å²) >= 11 is 12.4. The van der Waals surface area contributed by atoms with Crippen LogP contribution in [0.25, 0.3) is 0 Å². The van der Waals surface area contributed by atoms with E-state index in [1.807, 2.05) is 45.9 Å². The van der Waals surface area contributed by atoms with Gasteiger partial charge in [0.1, 0.15) is 16.8 Å². The van der Waals surface area contributed by atoms with Crippen LogP contribution in [-0.2, 0) is 0 Å². The van der Waals surface area contributed by atoms with E-state index in [0.717, 1.165) is 16.8 Å². The van der Waals surface area contributed by atoms with Crippen molar-refractivity contribution in [2.45, 2.75) is 33.6 Å². The Bertz CT molecular complexity index is 639. The second-order valence-corrected chi connectivity index (χ2v) is 5.87. The molecule has 0 saturated carbocycles. The lowest BCUT2D eigenvalue weighted by molar-refractivity contribution is 0.773. The van der Waals surface area contributed by atoms with Crippen LogP contribution in [-0.4, -0.2) is 9.97 Å². The van der Waals surface area contributed by atoms with Gasteiger partial charge >= 0.3 is 0 Å². The Morgan fingerprint density at radius 1 is 1.10 bits per heavy atom. The highest BCUT2D eigenvalue weighted by Crippen LogP contribution is 2.29. The predicted octanol–water partition coefficient (Wildman–Crippen LogP) is 5.27. The van der Waals surface area contributed by atoms with E-state index in [-0.39, 0.29) is 5.92 Å². The first-order chi connectivity index (χ1) is 9.38. The minimum absolute atomic E-state index is 0.210. The van der Waals surface area contributed by atoms with Gasteiger partial charge in [-0.1, -0.05) is 43.1 Å². The Balaban J connectivity index is 2.45. The van der Waals surface area contributed by atoms with Gasteiger partial charge in [0, 0.05) is 11.5 Å². The first-order valence-corrected chi connectivity index (χ1v) is 7.21. The molecule has 3 nitrogen and oxygen atoms in total. The number of halogens is 2. The Morgan fingerprint density at radius 3 is 2.45 bits per heavy atom. The average molecular weight is 310 g/mol. The number of hydrogen-bond acceptors (Lipinski definition) is 3. The number of hydrogen-bond donors (Lipinski definition) is 1. The van der Waals surface area contributed by atoms with Gasteiger partial charge in [-0.2, -0.15) is 0 Å². The molecule has 5 heteroatoms. The summed E-state index contributed by atoms with van der Waals surface area (Å²) in [6.45, 7) is 7.97. The number of aromatic nitrogens is 2. The highest BCUT2D eigenvalue weighted by atomic mass is 35.5.